The largest absolute Gasteiger partial charge is 0.378 e. The summed E-state index contributed by atoms with van der Waals surface area (Å²) in [5, 5.41) is 10.1. The Bertz CT molecular complexity index is 285. The second kappa shape index (κ2) is 6.11. The van der Waals surface area contributed by atoms with E-state index in [1.165, 1.54) is 38.5 Å². The van der Waals surface area contributed by atoms with E-state index < -0.39 is 5.60 Å². The van der Waals surface area contributed by atoms with E-state index in [2.05, 4.69) is 12.8 Å². The van der Waals surface area contributed by atoms with Gasteiger partial charge in [0.15, 0.2) is 0 Å². The highest BCUT2D eigenvalue weighted by Gasteiger charge is 2.35. The highest BCUT2D eigenvalue weighted by atomic mass is 16.3. The van der Waals surface area contributed by atoms with Gasteiger partial charge in [-0.2, -0.15) is 0 Å². The molecule has 0 heterocycles. The van der Waals surface area contributed by atoms with Gasteiger partial charge in [0.25, 0.3) is 0 Å². The third-order valence-corrected chi connectivity index (χ3v) is 5.38. The van der Waals surface area contributed by atoms with Crippen LogP contribution < -0.4 is 0 Å². The summed E-state index contributed by atoms with van der Waals surface area (Å²) in [5.74, 6) is 5.33. The number of hydrogen-bond donors (Lipinski definition) is 1. The number of rotatable bonds is 3. The van der Waals surface area contributed by atoms with E-state index >= 15 is 0 Å². The van der Waals surface area contributed by atoms with Crippen LogP contribution in [0, 0.1) is 30.1 Å². The summed E-state index contributed by atoms with van der Waals surface area (Å²) in [6.45, 7) is 2.30. The maximum atomic E-state index is 10.1. The summed E-state index contributed by atoms with van der Waals surface area (Å²) in [6.07, 6.45) is 17.8. The SMILES string of the molecule is C#CC1(O)CCC(C2CCC(CCC)CC2)CC1. The Kier molecular flexibility index (Phi) is 4.73. The first-order chi connectivity index (χ1) is 8.67. The Balaban J connectivity index is 1.77. The van der Waals surface area contributed by atoms with Crippen molar-refractivity contribution in [3.05, 3.63) is 0 Å². The Morgan fingerprint density at radius 2 is 1.61 bits per heavy atom. The highest BCUT2D eigenvalue weighted by molar-refractivity contribution is 5.09. The van der Waals surface area contributed by atoms with E-state index in [4.69, 9.17) is 6.42 Å². The van der Waals surface area contributed by atoms with E-state index in [1.54, 1.807) is 0 Å². The molecule has 1 heteroatoms. The molecule has 2 aliphatic rings. The van der Waals surface area contributed by atoms with Crippen LogP contribution >= 0.6 is 0 Å². The molecule has 0 spiro atoms. The van der Waals surface area contributed by atoms with Crippen molar-refractivity contribution >= 4 is 0 Å². The molecule has 0 bridgehead atoms. The van der Waals surface area contributed by atoms with Gasteiger partial charge < -0.3 is 5.11 Å². The van der Waals surface area contributed by atoms with Gasteiger partial charge in [-0.05, 0) is 56.3 Å². The Morgan fingerprint density at radius 1 is 1.06 bits per heavy atom. The topological polar surface area (TPSA) is 20.2 Å². The molecule has 102 valence electrons. The quantitative estimate of drug-likeness (QED) is 0.744. The molecule has 0 aromatic carbocycles. The normalized spacial score (nSPS) is 41.3. The third kappa shape index (κ3) is 3.29. The van der Waals surface area contributed by atoms with E-state index in [0.29, 0.717) is 0 Å². The van der Waals surface area contributed by atoms with Gasteiger partial charge in [0.05, 0.1) is 0 Å². The fraction of sp³-hybridized carbons (Fsp3) is 0.882. The van der Waals surface area contributed by atoms with Gasteiger partial charge in [-0.1, -0.05) is 38.5 Å². The standard InChI is InChI=1S/C17H28O/c1-3-5-14-6-8-15(9-7-14)16-10-12-17(18,4-2)13-11-16/h2,14-16,18H,3,5-13H2,1H3. The van der Waals surface area contributed by atoms with Crippen LogP contribution in [0.15, 0.2) is 0 Å². The molecule has 0 aliphatic heterocycles. The zero-order chi connectivity index (χ0) is 13.0. The molecule has 0 atom stereocenters. The minimum atomic E-state index is -0.782. The van der Waals surface area contributed by atoms with Crippen LogP contribution in [-0.4, -0.2) is 10.7 Å². The zero-order valence-electron chi connectivity index (χ0n) is 11.8. The van der Waals surface area contributed by atoms with Crippen LogP contribution in [0.4, 0.5) is 0 Å². The lowest BCUT2D eigenvalue weighted by molar-refractivity contribution is 0.0257. The molecule has 0 amide bonds. The first-order valence-electron chi connectivity index (χ1n) is 7.87. The van der Waals surface area contributed by atoms with Gasteiger partial charge >= 0.3 is 0 Å². The summed E-state index contributed by atoms with van der Waals surface area (Å²) in [5.41, 5.74) is -0.782. The Morgan fingerprint density at radius 3 is 2.11 bits per heavy atom. The number of terminal acetylenes is 1. The third-order valence-electron chi connectivity index (χ3n) is 5.38. The van der Waals surface area contributed by atoms with Crippen molar-refractivity contribution in [2.75, 3.05) is 0 Å². The summed E-state index contributed by atoms with van der Waals surface area (Å²) in [7, 11) is 0. The van der Waals surface area contributed by atoms with Crippen molar-refractivity contribution in [3.63, 3.8) is 0 Å². The van der Waals surface area contributed by atoms with Gasteiger partial charge in [0.2, 0.25) is 0 Å². The minimum absolute atomic E-state index is 0.782. The lowest BCUT2D eigenvalue weighted by Gasteiger charge is -2.39. The second-order valence-corrected chi connectivity index (χ2v) is 6.58. The van der Waals surface area contributed by atoms with Crippen molar-refractivity contribution in [3.8, 4) is 12.3 Å². The van der Waals surface area contributed by atoms with Gasteiger partial charge in [-0.25, -0.2) is 0 Å². The first kappa shape index (κ1) is 13.9. The molecular formula is C17H28O. The summed E-state index contributed by atoms with van der Waals surface area (Å²) in [6, 6.07) is 0. The monoisotopic (exact) mass is 248 g/mol. The van der Waals surface area contributed by atoms with Crippen molar-refractivity contribution in [1.29, 1.82) is 0 Å². The molecular weight excluding hydrogens is 220 g/mol. The fourth-order valence-corrected chi connectivity index (χ4v) is 4.09. The zero-order valence-corrected chi connectivity index (χ0v) is 11.8. The van der Waals surface area contributed by atoms with Gasteiger partial charge in [-0.3, -0.25) is 0 Å². The molecule has 0 aromatic rings. The first-order valence-corrected chi connectivity index (χ1v) is 7.87. The maximum Gasteiger partial charge on any atom is 0.125 e. The summed E-state index contributed by atoms with van der Waals surface area (Å²) >= 11 is 0. The molecule has 2 fully saturated rings. The van der Waals surface area contributed by atoms with Crippen LogP contribution in [0.5, 0.6) is 0 Å². The van der Waals surface area contributed by atoms with Gasteiger partial charge in [0, 0.05) is 0 Å². The van der Waals surface area contributed by atoms with E-state index in [9.17, 15) is 5.11 Å². The minimum Gasteiger partial charge on any atom is -0.378 e. The molecule has 2 saturated carbocycles. The molecule has 0 aromatic heterocycles. The predicted octanol–water partition coefficient (Wildman–Crippen LogP) is 4.15. The van der Waals surface area contributed by atoms with E-state index in [0.717, 1.165) is 43.4 Å². The molecule has 1 N–H and O–H groups in total. The van der Waals surface area contributed by atoms with Gasteiger partial charge in [0.1, 0.15) is 5.60 Å². The van der Waals surface area contributed by atoms with E-state index in [1.807, 2.05) is 0 Å². The fourth-order valence-electron chi connectivity index (χ4n) is 4.09. The Hall–Kier alpha value is -0.480. The van der Waals surface area contributed by atoms with Crippen LogP contribution in [0.1, 0.15) is 71.1 Å². The summed E-state index contributed by atoms with van der Waals surface area (Å²) < 4.78 is 0. The number of hydrogen-bond acceptors (Lipinski definition) is 1. The molecule has 0 unspecified atom stereocenters. The lowest BCUT2D eigenvalue weighted by atomic mass is 9.68. The van der Waals surface area contributed by atoms with Crippen molar-refractivity contribution in [2.24, 2.45) is 17.8 Å². The van der Waals surface area contributed by atoms with Crippen LogP contribution in [0.2, 0.25) is 0 Å². The Labute approximate surface area is 112 Å². The molecule has 0 saturated heterocycles. The van der Waals surface area contributed by atoms with Crippen molar-refractivity contribution in [1.82, 2.24) is 0 Å². The highest BCUT2D eigenvalue weighted by Crippen LogP contribution is 2.42. The van der Waals surface area contributed by atoms with Crippen LogP contribution in [0.3, 0.4) is 0 Å². The van der Waals surface area contributed by atoms with Crippen LogP contribution in [-0.2, 0) is 0 Å². The average molecular weight is 248 g/mol. The van der Waals surface area contributed by atoms with E-state index in [-0.39, 0.29) is 0 Å². The lowest BCUT2D eigenvalue weighted by Crippen LogP contribution is -2.35. The average Bonchev–Trinajstić information content (AvgIpc) is 2.41. The molecule has 1 nitrogen and oxygen atoms in total. The smallest absolute Gasteiger partial charge is 0.125 e. The van der Waals surface area contributed by atoms with Crippen LogP contribution in [0.25, 0.3) is 0 Å². The second-order valence-electron chi connectivity index (χ2n) is 6.58. The van der Waals surface area contributed by atoms with Crippen molar-refractivity contribution < 1.29 is 5.11 Å². The van der Waals surface area contributed by atoms with Gasteiger partial charge in [-0.15, -0.1) is 6.42 Å². The molecule has 2 aliphatic carbocycles. The molecule has 2 rings (SSSR count). The summed E-state index contributed by atoms with van der Waals surface area (Å²) in [4.78, 5) is 0. The number of aliphatic hydroxyl groups is 1. The van der Waals surface area contributed by atoms with Crippen molar-refractivity contribution in [2.45, 2.75) is 76.7 Å². The molecule has 0 radical (unpaired) electrons. The molecule has 18 heavy (non-hydrogen) atoms. The maximum absolute atomic E-state index is 10.1. The predicted molar refractivity (Wildman–Crippen MR) is 76.1 cm³/mol.